The lowest BCUT2D eigenvalue weighted by molar-refractivity contribution is 0.0349. The minimum Gasteiger partial charge on any atom is -0.497 e. The average molecular weight is 346 g/mol. The maximum atomic E-state index is 12.5. The van der Waals surface area contributed by atoms with Crippen LogP contribution in [0.3, 0.4) is 0 Å². The number of amides is 1. The van der Waals surface area contributed by atoms with E-state index in [1.54, 1.807) is 31.1 Å². The van der Waals surface area contributed by atoms with E-state index in [1.165, 1.54) is 0 Å². The molecule has 1 aliphatic heterocycles. The molecule has 1 saturated heterocycles. The van der Waals surface area contributed by atoms with Crippen LogP contribution in [-0.4, -0.2) is 53.5 Å². The Morgan fingerprint density at radius 3 is 2.76 bits per heavy atom. The summed E-state index contributed by atoms with van der Waals surface area (Å²) < 4.78 is 16.1. The summed E-state index contributed by atoms with van der Waals surface area (Å²) in [6.07, 6.45) is -0.0648. The topological polar surface area (TPSA) is 85.0 Å². The van der Waals surface area contributed by atoms with Gasteiger partial charge in [-0.25, -0.2) is 0 Å². The summed E-state index contributed by atoms with van der Waals surface area (Å²) in [5.41, 5.74) is 0.291. The van der Waals surface area contributed by atoms with Crippen molar-refractivity contribution < 1.29 is 23.9 Å². The maximum Gasteiger partial charge on any atom is 0.276 e. The Balaban J connectivity index is 1.65. The molecule has 134 valence electrons. The molecular formula is C18H22N2O5. The highest BCUT2D eigenvalue weighted by Gasteiger charge is 2.29. The van der Waals surface area contributed by atoms with E-state index in [2.05, 4.69) is 5.16 Å². The minimum atomic E-state index is -0.650. The molecule has 1 aromatic carbocycles. The third kappa shape index (κ3) is 4.11. The molecule has 2 heterocycles. The van der Waals surface area contributed by atoms with Gasteiger partial charge in [0.1, 0.15) is 23.4 Å². The van der Waals surface area contributed by atoms with Gasteiger partial charge in [0.05, 0.1) is 13.2 Å². The molecule has 7 heteroatoms. The number of hydrogen-bond donors (Lipinski definition) is 1. The Bertz CT molecular complexity index is 730. The first-order valence-corrected chi connectivity index (χ1v) is 8.28. The number of aliphatic hydroxyl groups excluding tert-OH is 1. The molecule has 1 N–H and O–H groups in total. The van der Waals surface area contributed by atoms with Crippen LogP contribution >= 0.6 is 0 Å². The van der Waals surface area contributed by atoms with Crippen LogP contribution in [0.4, 0.5) is 0 Å². The Kier molecular flexibility index (Phi) is 5.23. The fourth-order valence-corrected chi connectivity index (χ4v) is 2.88. The normalized spacial score (nSPS) is 20.8. The van der Waals surface area contributed by atoms with E-state index >= 15 is 0 Å². The summed E-state index contributed by atoms with van der Waals surface area (Å²) in [5.74, 6) is 1.73. The van der Waals surface area contributed by atoms with Crippen molar-refractivity contribution in [2.45, 2.75) is 32.0 Å². The van der Waals surface area contributed by atoms with Crippen LogP contribution in [0.1, 0.15) is 29.1 Å². The van der Waals surface area contributed by atoms with Crippen molar-refractivity contribution in [1.82, 2.24) is 10.1 Å². The molecule has 0 radical (unpaired) electrons. The van der Waals surface area contributed by atoms with Gasteiger partial charge in [-0.15, -0.1) is 0 Å². The van der Waals surface area contributed by atoms with Crippen molar-refractivity contribution >= 4 is 5.91 Å². The highest BCUT2D eigenvalue weighted by molar-refractivity contribution is 5.92. The second kappa shape index (κ2) is 7.57. The molecule has 1 aromatic heterocycles. The number of aryl methyl sites for hydroxylation is 1. The predicted molar refractivity (Wildman–Crippen MR) is 89.8 cm³/mol. The van der Waals surface area contributed by atoms with Gasteiger partial charge in [0.25, 0.3) is 5.91 Å². The summed E-state index contributed by atoms with van der Waals surface area (Å²) in [4.78, 5) is 14.2. The largest absolute Gasteiger partial charge is 0.497 e. The smallest absolute Gasteiger partial charge is 0.276 e. The number of carbonyl (C=O) groups is 1. The van der Waals surface area contributed by atoms with Crippen LogP contribution in [-0.2, 0) is 0 Å². The van der Waals surface area contributed by atoms with Crippen LogP contribution in [0.15, 0.2) is 34.9 Å². The summed E-state index contributed by atoms with van der Waals surface area (Å²) in [5, 5.41) is 14.2. The van der Waals surface area contributed by atoms with Crippen molar-refractivity contribution in [1.29, 1.82) is 0 Å². The molecule has 1 amide bonds. The second-order valence-electron chi connectivity index (χ2n) is 6.09. The zero-order valence-electron chi connectivity index (χ0n) is 14.3. The number of benzene rings is 1. The number of aromatic nitrogens is 1. The Hall–Kier alpha value is -2.54. The zero-order chi connectivity index (χ0) is 17.8. The van der Waals surface area contributed by atoms with Gasteiger partial charge in [0, 0.05) is 31.6 Å². The van der Waals surface area contributed by atoms with Crippen molar-refractivity contribution in [3.8, 4) is 11.5 Å². The maximum absolute atomic E-state index is 12.5. The highest BCUT2D eigenvalue weighted by Crippen LogP contribution is 2.24. The van der Waals surface area contributed by atoms with Crippen LogP contribution in [0.2, 0.25) is 0 Å². The van der Waals surface area contributed by atoms with Gasteiger partial charge in [-0.2, -0.15) is 0 Å². The van der Waals surface area contributed by atoms with Crippen molar-refractivity contribution in [2.75, 3.05) is 20.2 Å². The Morgan fingerprint density at radius 2 is 2.04 bits per heavy atom. The van der Waals surface area contributed by atoms with Crippen LogP contribution in [0.25, 0.3) is 0 Å². The summed E-state index contributed by atoms with van der Waals surface area (Å²) >= 11 is 0. The van der Waals surface area contributed by atoms with Gasteiger partial charge in [-0.3, -0.25) is 4.79 Å². The van der Waals surface area contributed by atoms with Crippen molar-refractivity contribution in [2.24, 2.45) is 0 Å². The molecule has 0 aliphatic carbocycles. The summed E-state index contributed by atoms with van der Waals surface area (Å²) in [7, 11) is 1.59. The average Bonchev–Trinajstić information content (AvgIpc) is 2.98. The first-order valence-electron chi connectivity index (χ1n) is 8.28. The zero-order valence-corrected chi connectivity index (χ0v) is 14.3. The van der Waals surface area contributed by atoms with Gasteiger partial charge in [-0.05, 0) is 25.5 Å². The van der Waals surface area contributed by atoms with Crippen LogP contribution in [0, 0.1) is 6.92 Å². The molecule has 7 nitrogen and oxygen atoms in total. The standard InChI is InChI=1S/C18H22N2O5/c1-12-10-15(19-25-12)18(22)20-8-6-16(21)17(7-9-20)24-14-5-3-4-13(11-14)23-2/h3-5,10-11,16-17,21H,6-9H2,1-2H3/t16-,17-/m0/s1. The Morgan fingerprint density at radius 1 is 1.28 bits per heavy atom. The number of rotatable bonds is 4. The first-order chi connectivity index (χ1) is 12.1. The molecule has 3 rings (SSSR count). The predicted octanol–water partition coefficient (Wildman–Crippen LogP) is 2.04. The second-order valence-corrected chi connectivity index (χ2v) is 6.09. The number of carbonyl (C=O) groups excluding carboxylic acids is 1. The molecule has 25 heavy (non-hydrogen) atoms. The van der Waals surface area contributed by atoms with Gasteiger partial charge < -0.3 is 24.0 Å². The van der Waals surface area contributed by atoms with Gasteiger partial charge in [0.15, 0.2) is 5.69 Å². The molecule has 0 unspecified atom stereocenters. The Labute approximate surface area is 146 Å². The van der Waals surface area contributed by atoms with E-state index in [0.29, 0.717) is 48.9 Å². The fourth-order valence-electron chi connectivity index (χ4n) is 2.88. The first kappa shape index (κ1) is 17.3. The summed E-state index contributed by atoms with van der Waals surface area (Å²) in [6, 6.07) is 8.88. The molecule has 0 spiro atoms. The van der Waals surface area contributed by atoms with Crippen molar-refractivity contribution in [3.63, 3.8) is 0 Å². The highest BCUT2D eigenvalue weighted by atomic mass is 16.5. The molecule has 1 fully saturated rings. The quantitative estimate of drug-likeness (QED) is 0.912. The summed E-state index contributed by atoms with van der Waals surface area (Å²) in [6.45, 7) is 2.67. The lowest BCUT2D eigenvalue weighted by atomic mass is 10.1. The molecule has 2 aromatic rings. The van der Waals surface area contributed by atoms with Crippen LogP contribution < -0.4 is 9.47 Å². The van der Waals surface area contributed by atoms with Gasteiger partial charge in [0.2, 0.25) is 0 Å². The SMILES string of the molecule is COc1cccc(O[C@H]2CCN(C(=O)c3cc(C)on3)CC[C@@H]2O)c1. The number of methoxy groups -OCH3 is 1. The number of likely N-dealkylation sites (tertiary alicyclic amines) is 1. The van der Waals surface area contributed by atoms with Crippen molar-refractivity contribution in [3.05, 3.63) is 41.8 Å². The van der Waals surface area contributed by atoms with Crippen LogP contribution in [0.5, 0.6) is 11.5 Å². The number of hydrogen-bond acceptors (Lipinski definition) is 6. The van der Waals surface area contributed by atoms with E-state index in [0.717, 1.165) is 0 Å². The van der Waals surface area contributed by atoms with Gasteiger partial charge >= 0.3 is 0 Å². The van der Waals surface area contributed by atoms with E-state index < -0.39 is 6.10 Å². The van der Waals surface area contributed by atoms with E-state index in [4.69, 9.17) is 14.0 Å². The molecule has 1 aliphatic rings. The van der Waals surface area contributed by atoms with Gasteiger partial charge in [-0.1, -0.05) is 11.2 Å². The lowest BCUT2D eigenvalue weighted by Gasteiger charge is -2.22. The number of nitrogens with zero attached hydrogens (tertiary/aromatic N) is 2. The third-order valence-electron chi connectivity index (χ3n) is 4.27. The third-order valence-corrected chi connectivity index (χ3v) is 4.27. The van der Waals surface area contributed by atoms with E-state index in [9.17, 15) is 9.90 Å². The fraction of sp³-hybridized carbons (Fsp3) is 0.444. The number of ether oxygens (including phenoxy) is 2. The molecule has 2 atom stereocenters. The minimum absolute atomic E-state index is 0.189. The monoisotopic (exact) mass is 346 g/mol. The number of aliphatic hydroxyl groups is 1. The molecule has 0 saturated carbocycles. The molecule has 0 bridgehead atoms. The lowest BCUT2D eigenvalue weighted by Crippen LogP contribution is -2.32. The molecular weight excluding hydrogens is 324 g/mol. The van der Waals surface area contributed by atoms with E-state index in [-0.39, 0.29) is 12.0 Å². The van der Waals surface area contributed by atoms with E-state index in [1.807, 2.05) is 18.2 Å².